The fraction of sp³-hybridized carbons (Fsp3) is 0.938. The average molecular weight is 302 g/mol. The van der Waals surface area contributed by atoms with Gasteiger partial charge < -0.3 is 20.5 Å². The molecule has 0 rings (SSSR count). The van der Waals surface area contributed by atoms with Crippen molar-refractivity contribution in [2.75, 3.05) is 6.54 Å². The Balaban J connectivity index is 4.23. The van der Waals surface area contributed by atoms with Crippen LogP contribution in [0.5, 0.6) is 0 Å². The molecule has 5 nitrogen and oxygen atoms in total. The van der Waals surface area contributed by atoms with Crippen LogP contribution in [0.2, 0.25) is 0 Å². The summed E-state index contributed by atoms with van der Waals surface area (Å²) < 4.78 is 5.27. The molecule has 0 fully saturated rings. The summed E-state index contributed by atoms with van der Waals surface area (Å²) in [7, 11) is 0. The second kappa shape index (κ2) is 9.26. The van der Waals surface area contributed by atoms with E-state index in [1.165, 1.54) is 0 Å². The fourth-order valence-electron chi connectivity index (χ4n) is 2.29. The van der Waals surface area contributed by atoms with Crippen molar-refractivity contribution >= 4 is 6.09 Å². The molecule has 0 saturated heterocycles. The lowest BCUT2D eigenvalue weighted by molar-refractivity contribution is 0.0497. The molecule has 4 atom stereocenters. The maximum absolute atomic E-state index is 11.8. The molecule has 0 aliphatic carbocycles. The zero-order valence-electron chi connectivity index (χ0n) is 14.7. The van der Waals surface area contributed by atoms with Gasteiger partial charge in [-0.15, -0.1) is 0 Å². The molecule has 0 aliphatic heterocycles. The number of alkyl carbamates (subject to hydrolysis) is 1. The minimum Gasteiger partial charge on any atom is -0.444 e. The molecule has 0 aliphatic rings. The van der Waals surface area contributed by atoms with Gasteiger partial charge in [0.25, 0.3) is 0 Å². The molecule has 3 N–H and O–H groups in total. The maximum Gasteiger partial charge on any atom is 0.407 e. The van der Waals surface area contributed by atoms with Crippen LogP contribution < -0.4 is 10.6 Å². The van der Waals surface area contributed by atoms with Crippen molar-refractivity contribution < 1.29 is 14.6 Å². The van der Waals surface area contributed by atoms with Crippen LogP contribution >= 0.6 is 0 Å². The molecule has 0 bridgehead atoms. The first-order valence-electron chi connectivity index (χ1n) is 7.96. The summed E-state index contributed by atoms with van der Waals surface area (Å²) in [5.41, 5.74) is -0.481. The van der Waals surface area contributed by atoms with Crippen molar-refractivity contribution in [3.8, 4) is 0 Å². The molecule has 1 amide bonds. The van der Waals surface area contributed by atoms with Crippen molar-refractivity contribution in [2.45, 2.75) is 85.1 Å². The Morgan fingerprint density at radius 2 is 1.81 bits per heavy atom. The largest absolute Gasteiger partial charge is 0.444 e. The van der Waals surface area contributed by atoms with Gasteiger partial charge in [-0.05, 0) is 59.9 Å². The SMILES string of the molecule is CCC(NCC(C)CC(C)O)C(C)NC(=O)OC(C)(C)C. The third-order valence-electron chi connectivity index (χ3n) is 3.26. The molecule has 0 saturated carbocycles. The average Bonchev–Trinajstić information content (AvgIpc) is 2.25. The third-order valence-corrected chi connectivity index (χ3v) is 3.26. The van der Waals surface area contributed by atoms with Gasteiger partial charge >= 0.3 is 6.09 Å². The highest BCUT2D eigenvalue weighted by Crippen LogP contribution is 2.09. The lowest BCUT2D eigenvalue weighted by Crippen LogP contribution is -2.50. The summed E-state index contributed by atoms with van der Waals surface area (Å²) in [6.45, 7) is 14.4. The first-order valence-corrected chi connectivity index (χ1v) is 7.96. The van der Waals surface area contributed by atoms with Gasteiger partial charge in [-0.3, -0.25) is 0 Å². The van der Waals surface area contributed by atoms with Crippen molar-refractivity contribution in [3.63, 3.8) is 0 Å². The highest BCUT2D eigenvalue weighted by atomic mass is 16.6. The van der Waals surface area contributed by atoms with E-state index in [0.29, 0.717) is 5.92 Å². The summed E-state index contributed by atoms with van der Waals surface area (Å²) in [5.74, 6) is 0.396. The number of amides is 1. The van der Waals surface area contributed by atoms with Crippen LogP contribution in [0.3, 0.4) is 0 Å². The van der Waals surface area contributed by atoms with E-state index < -0.39 is 5.60 Å². The van der Waals surface area contributed by atoms with Crippen LogP contribution in [-0.2, 0) is 4.74 Å². The van der Waals surface area contributed by atoms with E-state index in [0.717, 1.165) is 19.4 Å². The van der Waals surface area contributed by atoms with Crippen LogP contribution in [0.25, 0.3) is 0 Å². The molecule has 126 valence electrons. The Morgan fingerprint density at radius 1 is 1.24 bits per heavy atom. The minimum absolute atomic E-state index is 0.0106. The second-order valence-corrected chi connectivity index (χ2v) is 7.05. The van der Waals surface area contributed by atoms with Crippen LogP contribution in [0.15, 0.2) is 0 Å². The van der Waals surface area contributed by atoms with Crippen molar-refractivity contribution in [3.05, 3.63) is 0 Å². The second-order valence-electron chi connectivity index (χ2n) is 7.05. The van der Waals surface area contributed by atoms with Crippen molar-refractivity contribution in [1.29, 1.82) is 0 Å². The predicted octanol–water partition coefficient (Wildman–Crippen LogP) is 2.67. The topological polar surface area (TPSA) is 70.6 Å². The van der Waals surface area contributed by atoms with Gasteiger partial charge in [-0.1, -0.05) is 13.8 Å². The van der Waals surface area contributed by atoms with Crippen LogP contribution in [0.4, 0.5) is 4.79 Å². The summed E-state index contributed by atoms with van der Waals surface area (Å²) in [5, 5.41) is 15.7. The number of hydrogen-bond donors (Lipinski definition) is 3. The summed E-state index contributed by atoms with van der Waals surface area (Å²) in [4.78, 5) is 11.8. The number of aliphatic hydroxyl groups is 1. The highest BCUT2D eigenvalue weighted by Gasteiger charge is 2.22. The Hall–Kier alpha value is -0.810. The highest BCUT2D eigenvalue weighted by molar-refractivity contribution is 5.68. The van der Waals surface area contributed by atoms with Gasteiger partial charge in [0, 0.05) is 12.1 Å². The zero-order valence-corrected chi connectivity index (χ0v) is 14.7. The summed E-state index contributed by atoms with van der Waals surface area (Å²) in [6, 6.07) is 0.178. The van der Waals surface area contributed by atoms with E-state index in [1.54, 1.807) is 6.92 Å². The van der Waals surface area contributed by atoms with E-state index in [9.17, 15) is 9.90 Å². The lowest BCUT2D eigenvalue weighted by Gasteiger charge is -2.28. The third kappa shape index (κ3) is 10.5. The van der Waals surface area contributed by atoms with E-state index in [1.807, 2.05) is 27.7 Å². The molecule has 21 heavy (non-hydrogen) atoms. The molecule has 0 aromatic heterocycles. The fourth-order valence-corrected chi connectivity index (χ4v) is 2.29. The van der Waals surface area contributed by atoms with E-state index in [4.69, 9.17) is 4.74 Å². The molecular formula is C16H34N2O3. The monoisotopic (exact) mass is 302 g/mol. The Bertz CT molecular complexity index is 300. The van der Waals surface area contributed by atoms with Gasteiger partial charge in [0.1, 0.15) is 5.60 Å². The normalized spacial score (nSPS) is 17.7. The van der Waals surface area contributed by atoms with Gasteiger partial charge in [0.15, 0.2) is 0 Å². The molecule has 4 unspecified atom stereocenters. The van der Waals surface area contributed by atoms with E-state index in [2.05, 4.69) is 24.5 Å². The van der Waals surface area contributed by atoms with Crippen molar-refractivity contribution in [1.82, 2.24) is 10.6 Å². The number of carbonyl (C=O) groups is 1. The number of ether oxygens (including phenoxy) is 1. The molecule has 0 spiro atoms. The zero-order chi connectivity index (χ0) is 16.6. The number of hydrogen-bond acceptors (Lipinski definition) is 4. The van der Waals surface area contributed by atoms with Crippen molar-refractivity contribution in [2.24, 2.45) is 5.92 Å². The van der Waals surface area contributed by atoms with Gasteiger partial charge in [0.05, 0.1) is 6.10 Å². The molecule has 0 radical (unpaired) electrons. The quantitative estimate of drug-likeness (QED) is 0.645. The van der Waals surface area contributed by atoms with Crippen LogP contribution in [0, 0.1) is 5.92 Å². The standard InChI is InChI=1S/C16H34N2O3/c1-8-14(17-10-11(2)9-12(3)19)13(4)18-15(20)21-16(5,6)7/h11-14,17,19H,8-10H2,1-7H3,(H,18,20). The smallest absolute Gasteiger partial charge is 0.407 e. The number of rotatable bonds is 8. The van der Waals surface area contributed by atoms with Crippen LogP contribution in [0.1, 0.15) is 61.3 Å². The van der Waals surface area contributed by atoms with Gasteiger partial charge in [0.2, 0.25) is 0 Å². The van der Waals surface area contributed by atoms with Gasteiger partial charge in [-0.2, -0.15) is 0 Å². The molecular weight excluding hydrogens is 268 g/mol. The molecule has 0 aromatic rings. The first kappa shape index (κ1) is 20.2. The number of nitrogens with one attached hydrogen (secondary N) is 2. The minimum atomic E-state index is -0.481. The Kier molecular flexibility index (Phi) is 8.90. The molecule has 0 heterocycles. The maximum atomic E-state index is 11.8. The Morgan fingerprint density at radius 3 is 2.24 bits per heavy atom. The lowest BCUT2D eigenvalue weighted by atomic mass is 10.0. The molecule has 0 aromatic carbocycles. The van der Waals surface area contributed by atoms with Crippen LogP contribution in [-0.4, -0.2) is 41.5 Å². The number of aliphatic hydroxyl groups excluding tert-OH is 1. The van der Waals surface area contributed by atoms with E-state index >= 15 is 0 Å². The molecule has 5 heteroatoms. The van der Waals surface area contributed by atoms with E-state index in [-0.39, 0.29) is 24.3 Å². The number of carbonyl (C=O) groups excluding carboxylic acids is 1. The van der Waals surface area contributed by atoms with Gasteiger partial charge in [-0.25, -0.2) is 4.79 Å². The Labute approximate surface area is 129 Å². The first-order chi connectivity index (χ1) is 9.55. The summed E-state index contributed by atoms with van der Waals surface area (Å²) in [6.07, 6.45) is 1.03. The summed E-state index contributed by atoms with van der Waals surface area (Å²) >= 11 is 0. The predicted molar refractivity (Wildman–Crippen MR) is 86.4 cm³/mol.